The Balaban J connectivity index is 3.15. The van der Waals surface area contributed by atoms with E-state index in [9.17, 15) is 13.2 Å². The molecule has 0 fully saturated rings. The van der Waals surface area contributed by atoms with E-state index in [0.717, 1.165) is 12.1 Å². The molecule has 0 saturated heterocycles. The molecule has 0 aromatic heterocycles. The topological polar surface area (TPSA) is 12.0 Å². The Morgan fingerprint density at radius 2 is 1.81 bits per heavy atom. The van der Waals surface area contributed by atoms with Crippen molar-refractivity contribution in [1.29, 1.82) is 0 Å². The van der Waals surface area contributed by atoms with Gasteiger partial charge in [0.2, 0.25) is 0 Å². The zero-order valence-corrected chi connectivity index (χ0v) is 9.28. The van der Waals surface area contributed by atoms with Gasteiger partial charge < -0.3 is 5.32 Å². The molecular formula is C12H14F3N. The van der Waals surface area contributed by atoms with E-state index in [4.69, 9.17) is 0 Å². The molecule has 0 aliphatic carbocycles. The largest absolute Gasteiger partial charge is 0.307 e. The van der Waals surface area contributed by atoms with E-state index in [2.05, 4.69) is 11.9 Å². The second-order valence-corrected chi connectivity index (χ2v) is 3.64. The van der Waals surface area contributed by atoms with Crippen molar-refractivity contribution in [2.75, 3.05) is 6.54 Å². The number of halogens is 3. The second kappa shape index (κ2) is 5.16. The molecule has 1 aromatic carbocycles. The predicted octanol–water partition coefficient (Wildman–Crippen LogP) is 3.33. The van der Waals surface area contributed by atoms with Gasteiger partial charge in [0, 0.05) is 0 Å². The Kier molecular flexibility index (Phi) is 4.12. The van der Waals surface area contributed by atoms with Crippen LogP contribution in [0.15, 0.2) is 24.3 Å². The summed E-state index contributed by atoms with van der Waals surface area (Å²) in [6, 6.07) is 1.61. The zero-order valence-electron chi connectivity index (χ0n) is 9.28. The maximum Gasteiger partial charge on any atom is 0.194 e. The smallest absolute Gasteiger partial charge is 0.194 e. The van der Waals surface area contributed by atoms with Gasteiger partial charge >= 0.3 is 0 Å². The van der Waals surface area contributed by atoms with Crippen molar-refractivity contribution in [3.63, 3.8) is 0 Å². The molecular weight excluding hydrogens is 215 g/mol. The lowest BCUT2D eigenvalue weighted by molar-refractivity contribution is 0.442. The Hall–Kier alpha value is -1.29. The van der Waals surface area contributed by atoms with Crippen molar-refractivity contribution in [3.8, 4) is 0 Å². The lowest BCUT2D eigenvalue weighted by Crippen LogP contribution is -2.22. The number of likely N-dealkylation sites (N-methyl/N-ethyl adjacent to an activating group) is 1. The van der Waals surface area contributed by atoms with Gasteiger partial charge in [-0.05, 0) is 31.2 Å². The Morgan fingerprint density at radius 1 is 1.31 bits per heavy atom. The molecule has 0 amide bonds. The van der Waals surface area contributed by atoms with Crippen molar-refractivity contribution in [2.45, 2.75) is 19.9 Å². The minimum Gasteiger partial charge on any atom is -0.307 e. The lowest BCUT2D eigenvalue weighted by atomic mass is 10.0. The summed E-state index contributed by atoms with van der Waals surface area (Å²) >= 11 is 0. The number of hydrogen-bond acceptors (Lipinski definition) is 1. The summed E-state index contributed by atoms with van der Waals surface area (Å²) in [5.41, 5.74) is 1.05. The molecule has 1 rings (SSSR count). The Morgan fingerprint density at radius 3 is 2.19 bits per heavy atom. The highest BCUT2D eigenvalue weighted by Gasteiger charge is 2.17. The fourth-order valence-corrected chi connectivity index (χ4v) is 1.52. The molecule has 0 spiro atoms. The average molecular weight is 229 g/mol. The van der Waals surface area contributed by atoms with E-state index in [1.165, 1.54) is 0 Å². The third-order valence-electron chi connectivity index (χ3n) is 2.24. The van der Waals surface area contributed by atoms with Crippen LogP contribution in [-0.4, -0.2) is 6.54 Å². The molecule has 0 aliphatic rings. The van der Waals surface area contributed by atoms with Crippen molar-refractivity contribution in [2.24, 2.45) is 0 Å². The van der Waals surface area contributed by atoms with Crippen molar-refractivity contribution >= 4 is 0 Å². The molecule has 1 aromatic rings. The van der Waals surface area contributed by atoms with Crippen LogP contribution in [-0.2, 0) is 0 Å². The number of benzene rings is 1. The first kappa shape index (κ1) is 12.8. The highest BCUT2D eigenvalue weighted by atomic mass is 19.2. The van der Waals surface area contributed by atoms with Crippen LogP contribution >= 0.6 is 0 Å². The van der Waals surface area contributed by atoms with E-state index < -0.39 is 17.5 Å². The van der Waals surface area contributed by atoms with Gasteiger partial charge in [-0.15, -0.1) is 0 Å². The Labute approximate surface area is 93.0 Å². The highest BCUT2D eigenvalue weighted by Crippen LogP contribution is 2.23. The third-order valence-corrected chi connectivity index (χ3v) is 2.24. The van der Waals surface area contributed by atoms with E-state index in [0.29, 0.717) is 17.7 Å². The molecule has 1 nitrogen and oxygen atoms in total. The van der Waals surface area contributed by atoms with Crippen LogP contribution in [0, 0.1) is 17.5 Å². The quantitative estimate of drug-likeness (QED) is 0.616. The summed E-state index contributed by atoms with van der Waals surface area (Å²) in [4.78, 5) is 0. The number of nitrogens with one attached hydrogen (secondary N) is 1. The molecule has 1 unspecified atom stereocenters. The first-order valence-electron chi connectivity index (χ1n) is 5.00. The monoisotopic (exact) mass is 229 g/mol. The second-order valence-electron chi connectivity index (χ2n) is 3.64. The van der Waals surface area contributed by atoms with Gasteiger partial charge in [0.05, 0.1) is 6.04 Å². The highest BCUT2D eigenvalue weighted by molar-refractivity contribution is 5.28. The van der Waals surface area contributed by atoms with Crippen LogP contribution in [0.25, 0.3) is 0 Å². The van der Waals surface area contributed by atoms with Gasteiger partial charge in [-0.3, -0.25) is 0 Å². The summed E-state index contributed by atoms with van der Waals surface area (Å²) < 4.78 is 38.8. The molecule has 0 radical (unpaired) electrons. The number of hydrogen-bond donors (Lipinski definition) is 1. The van der Waals surface area contributed by atoms with Crippen molar-refractivity contribution in [1.82, 2.24) is 5.32 Å². The molecule has 16 heavy (non-hydrogen) atoms. The van der Waals surface area contributed by atoms with Crippen LogP contribution < -0.4 is 5.32 Å². The van der Waals surface area contributed by atoms with E-state index in [-0.39, 0.29) is 6.04 Å². The van der Waals surface area contributed by atoms with Gasteiger partial charge in [-0.25, -0.2) is 13.2 Å². The Bertz CT molecular complexity index is 378. The van der Waals surface area contributed by atoms with Gasteiger partial charge in [-0.2, -0.15) is 0 Å². The van der Waals surface area contributed by atoms with Crippen molar-refractivity contribution in [3.05, 3.63) is 47.3 Å². The number of rotatable bonds is 4. The maximum atomic E-state index is 13.0. The molecule has 1 N–H and O–H groups in total. The zero-order chi connectivity index (χ0) is 12.3. The van der Waals surface area contributed by atoms with E-state index in [1.54, 1.807) is 6.92 Å². The summed E-state index contributed by atoms with van der Waals surface area (Å²) in [5, 5.41) is 3.02. The van der Waals surface area contributed by atoms with Crippen LogP contribution in [0.1, 0.15) is 25.5 Å². The standard InChI is InChI=1S/C12H14F3N/c1-4-16-12(7(2)3)8-5-9(13)11(15)10(14)6-8/h5-6,12,16H,2,4H2,1,3H3. The first-order chi connectivity index (χ1) is 7.47. The van der Waals surface area contributed by atoms with Gasteiger partial charge in [0.25, 0.3) is 0 Å². The van der Waals surface area contributed by atoms with Gasteiger partial charge in [0.1, 0.15) is 0 Å². The lowest BCUT2D eigenvalue weighted by Gasteiger charge is -2.18. The van der Waals surface area contributed by atoms with E-state index >= 15 is 0 Å². The van der Waals surface area contributed by atoms with Crippen LogP contribution in [0.2, 0.25) is 0 Å². The van der Waals surface area contributed by atoms with Gasteiger partial charge in [0.15, 0.2) is 17.5 Å². The summed E-state index contributed by atoms with van der Waals surface area (Å²) in [5.74, 6) is -3.81. The average Bonchev–Trinajstić information content (AvgIpc) is 2.21. The maximum absolute atomic E-state index is 13.0. The minimum absolute atomic E-state index is 0.339. The van der Waals surface area contributed by atoms with Crippen LogP contribution in [0.3, 0.4) is 0 Å². The molecule has 0 bridgehead atoms. The predicted molar refractivity (Wildman–Crippen MR) is 57.5 cm³/mol. The van der Waals surface area contributed by atoms with Crippen LogP contribution in [0.4, 0.5) is 13.2 Å². The summed E-state index contributed by atoms with van der Waals surface area (Å²) in [6.45, 7) is 7.96. The fraction of sp³-hybridized carbons (Fsp3) is 0.333. The van der Waals surface area contributed by atoms with Crippen LogP contribution in [0.5, 0.6) is 0 Å². The van der Waals surface area contributed by atoms with Gasteiger partial charge in [-0.1, -0.05) is 19.1 Å². The third kappa shape index (κ3) is 2.64. The summed E-state index contributed by atoms with van der Waals surface area (Å²) in [7, 11) is 0. The van der Waals surface area contributed by atoms with E-state index in [1.807, 2.05) is 6.92 Å². The molecule has 4 heteroatoms. The summed E-state index contributed by atoms with van der Waals surface area (Å²) in [6.07, 6.45) is 0. The molecule has 1 atom stereocenters. The van der Waals surface area contributed by atoms with Crippen molar-refractivity contribution < 1.29 is 13.2 Å². The molecule has 0 saturated carbocycles. The first-order valence-corrected chi connectivity index (χ1v) is 5.00. The molecule has 0 aliphatic heterocycles. The molecule has 0 heterocycles. The fourth-order valence-electron chi connectivity index (χ4n) is 1.52. The minimum atomic E-state index is -1.44. The normalized spacial score (nSPS) is 12.6. The SMILES string of the molecule is C=C(C)C(NCC)c1cc(F)c(F)c(F)c1. The molecule has 88 valence electrons.